The van der Waals surface area contributed by atoms with E-state index in [0.717, 1.165) is 51.4 Å². The summed E-state index contributed by atoms with van der Waals surface area (Å²) in [6.07, 6.45) is 33.3. The molecule has 0 bridgehead atoms. The van der Waals surface area contributed by atoms with Crippen LogP contribution in [0.25, 0.3) is 0 Å². The first-order valence-electron chi connectivity index (χ1n) is 13.5. The van der Waals surface area contributed by atoms with E-state index in [1.807, 2.05) is 0 Å². The predicted molar refractivity (Wildman–Crippen MR) is 154 cm³/mol. The van der Waals surface area contributed by atoms with Gasteiger partial charge in [0.25, 0.3) is 0 Å². The van der Waals surface area contributed by atoms with Crippen molar-refractivity contribution in [1.29, 1.82) is 0 Å². The first-order chi connectivity index (χ1) is 18.4. The molecule has 216 valence electrons. The van der Waals surface area contributed by atoms with Gasteiger partial charge >= 0.3 is 13.8 Å². The Labute approximate surface area is 229 Å². The second-order valence-corrected chi connectivity index (χ2v) is 9.84. The normalized spacial score (nSPS) is 15.2. The van der Waals surface area contributed by atoms with Gasteiger partial charge in [0.2, 0.25) is 0 Å². The van der Waals surface area contributed by atoms with Crippen LogP contribution in [0.2, 0.25) is 0 Å². The van der Waals surface area contributed by atoms with Gasteiger partial charge in [0.15, 0.2) is 0 Å². The number of phosphoric acid groups is 1. The van der Waals surface area contributed by atoms with Crippen molar-refractivity contribution >= 4 is 13.8 Å². The number of aliphatic hydroxyl groups is 1. The molecular formula is C29H48NO7P. The standard InChI is InChI=1S/C29H48NO7P/c1-2-3-4-5-6-7-8-9-10-11-12-13-14-15-16-17-18-19-20-21-22-23-29(32)35-26-28(31)27-37-38(33,34)36-25-24-30/h3-4,6-7,9-10,12-13,15-16,18-19,28,31H,2,5,8,11,14,17,20-27,30H2,1H3,(H,33,34)/t28-/m1/s1. The zero-order chi connectivity index (χ0) is 28.2. The lowest BCUT2D eigenvalue weighted by Crippen LogP contribution is -2.23. The Morgan fingerprint density at radius 2 is 1.29 bits per heavy atom. The summed E-state index contributed by atoms with van der Waals surface area (Å²) in [6.45, 7) is 1.25. The summed E-state index contributed by atoms with van der Waals surface area (Å²) in [5.74, 6) is -0.432. The molecule has 0 radical (unpaired) electrons. The second kappa shape index (κ2) is 26.5. The molecule has 0 heterocycles. The fourth-order valence-electron chi connectivity index (χ4n) is 2.87. The maximum atomic E-state index is 11.7. The molecular weight excluding hydrogens is 505 g/mol. The fraction of sp³-hybridized carbons (Fsp3) is 0.552. The van der Waals surface area contributed by atoms with Gasteiger partial charge in [-0.15, -0.1) is 0 Å². The number of rotatable bonds is 24. The summed E-state index contributed by atoms with van der Waals surface area (Å²) in [6, 6.07) is 0. The minimum absolute atomic E-state index is 0.0637. The third kappa shape index (κ3) is 27.0. The van der Waals surface area contributed by atoms with Crippen molar-refractivity contribution in [2.75, 3.05) is 26.4 Å². The van der Waals surface area contributed by atoms with E-state index in [1.54, 1.807) is 0 Å². The number of hydrogen-bond donors (Lipinski definition) is 3. The summed E-state index contributed by atoms with van der Waals surface area (Å²) in [5, 5.41) is 9.69. The molecule has 0 aromatic heterocycles. The van der Waals surface area contributed by atoms with Crippen LogP contribution in [-0.2, 0) is 23.1 Å². The van der Waals surface area contributed by atoms with Gasteiger partial charge in [-0.2, -0.15) is 0 Å². The highest BCUT2D eigenvalue weighted by Crippen LogP contribution is 2.42. The molecule has 0 fully saturated rings. The Bertz CT molecular complexity index is 803. The maximum Gasteiger partial charge on any atom is 0.472 e. The molecule has 38 heavy (non-hydrogen) atoms. The van der Waals surface area contributed by atoms with Crippen LogP contribution in [0.5, 0.6) is 0 Å². The Hall–Kier alpha value is -2.06. The van der Waals surface area contributed by atoms with Gasteiger partial charge in [-0.3, -0.25) is 13.8 Å². The van der Waals surface area contributed by atoms with E-state index in [9.17, 15) is 19.4 Å². The van der Waals surface area contributed by atoms with Gasteiger partial charge in [0, 0.05) is 13.0 Å². The number of carbonyl (C=O) groups is 1. The molecule has 1 unspecified atom stereocenters. The lowest BCUT2D eigenvalue weighted by molar-refractivity contribution is -0.147. The molecule has 0 saturated heterocycles. The Balaban J connectivity index is 3.67. The van der Waals surface area contributed by atoms with E-state index in [2.05, 4.69) is 88.9 Å². The van der Waals surface area contributed by atoms with Crippen molar-refractivity contribution in [3.8, 4) is 0 Å². The lowest BCUT2D eigenvalue weighted by Gasteiger charge is -2.15. The molecule has 0 spiro atoms. The summed E-state index contributed by atoms with van der Waals surface area (Å²) < 4.78 is 25.5. The molecule has 0 aromatic carbocycles. The van der Waals surface area contributed by atoms with Crippen molar-refractivity contribution in [1.82, 2.24) is 0 Å². The van der Waals surface area contributed by atoms with Gasteiger partial charge < -0.3 is 20.5 Å². The highest BCUT2D eigenvalue weighted by atomic mass is 31.2. The summed E-state index contributed by atoms with van der Waals surface area (Å²) in [5.41, 5.74) is 5.17. The topological polar surface area (TPSA) is 128 Å². The number of aliphatic hydroxyl groups excluding tert-OH is 1. The third-order valence-corrected chi connectivity index (χ3v) is 5.82. The third-order valence-electron chi connectivity index (χ3n) is 4.84. The minimum Gasteiger partial charge on any atom is -0.463 e. The number of carbonyl (C=O) groups excluding carboxylic acids is 1. The van der Waals surface area contributed by atoms with Crippen LogP contribution in [0.3, 0.4) is 0 Å². The maximum absolute atomic E-state index is 11.7. The van der Waals surface area contributed by atoms with E-state index in [1.165, 1.54) is 0 Å². The summed E-state index contributed by atoms with van der Waals surface area (Å²) in [7, 11) is -4.26. The van der Waals surface area contributed by atoms with E-state index < -0.39 is 26.5 Å². The Kier molecular flexibility index (Phi) is 25.1. The van der Waals surface area contributed by atoms with Crippen molar-refractivity contribution in [3.63, 3.8) is 0 Å². The molecule has 0 aromatic rings. The lowest BCUT2D eigenvalue weighted by atomic mass is 10.2. The highest BCUT2D eigenvalue weighted by Gasteiger charge is 2.22. The van der Waals surface area contributed by atoms with Gasteiger partial charge in [0.05, 0.1) is 13.2 Å². The molecule has 4 N–H and O–H groups in total. The quantitative estimate of drug-likeness (QED) is 0.0554. The average Bonchev–Trinajstić information content (AvgIpc) is 2.90. The van der Waals surface area contributed by atoms with E-state index in [0.29, 0.717) is 6.42 Å². The smallest absolute Gasteiger partial charge is 0.463 e. The number of hydrogen-bond acceptors (Lipinski definition) is 7. The van der Waals surface area contributed by atoms with E-state index >= 15 is 0 Å². The number of unbranched alkanes of at least 4 members (excludes halogenated alkanes) is 2. The van der Waals surface area contributed by atoms with Gasteiger partial charge in [-0.05, 0) is 57.8 Å². The van der Waals surface area contributed by atoms with E-state index in [4.69, 9.17) is 10.5 Å². The Morgan fingerprint density at radius 1 is 0.789 bits per heavy atom. The van der Waals surface area contributed by atoms with Crippen LogP contribution >= 0.6 is 7.82 Å². The van der Waals surface area contributed by atoms with Crippen molar-refractivity contribution in [2.24, 2.45) is 5.73 Å². The monoisotopic (exact) mass is 553 g/mol. The largest absolute Gasteiger partial charge is 0.472 e. The number of allylic oxidation sites excluding steroid dienone is 12. The molecule has 0 amide bonds. The number of esters is 1. The van der Waals surface area contributed by atoms with Gasteiger partial charge in [-0.25, -0.2) is 4.57 Å². The first kappa shape index (κ1) is 35.9. The van der Waals surface area contributed by atoms with Crippen LogP contribution < -0.4 is 5.73 Å². The van der Waals surface area contributed by atoms with Crippen molar-refractivity contribution in [2.45, 2.75) is 77.2 Å². The van der Waals surface area contributed by atoms with Crippen LogP contribution in [0, 0.1) is 0 Å². The molecule has 8 nitrogen and oxygen atoms in total. The molecule has 0 aliphatic heterocycles. The van der Waals surface area contributed by atoms with Crippen LogP contribution in [0.4, 0.5) is 0 Å². The zero-order valence-corrected chi connectivity index (χ0v) is 23.8. The zero-order valence-electron chi connectivity index (χ0n) is 22.9. The van der Waals surface area contributed by atoms with E-state index in [-0.39, 0.29) is 26.2 Å². The number of nitrogens with two attached hydrogens (primary N) is 1. The predicted octanol–water partition coefficient (Wildman–Crippen LogP) is 6.24. The van der Waals surface area contributed by atoms with Crippen LogP contribution in [0.15, 0.2) is 72.9 Å². The molecule has 0 saturated carbocycles. The molecule has 0 aliphatic carbocycles. The number of ether oxygens (including phenoxy) is 1. The van der Waals surface area contributed by atoms with Crippen LogP contribution in [-0.4, -0.2) is 48.4 Å². The molecule has 2 atom stereocenters. The highest BCUT2D eigenvalue weighted by molar-refractivity contribution is 7.47. The van der Waals surface area contributed by atoms with Gasteiger partial charge in [-0.1, -0.05) is 79.8 Å². The number of phosphoric ester groups is 1. The second-order valence-electron chi connectivity index (χ2n) is 8.38. The fourth-order valence-corrected chi connectivity index (χ4v) is 3.64. The molecule has 9 heteroatoms. The summed E-state index contributed by atoms with van der Waals surface area (Å²) in [4.78, 5) is 21.1. The molecule has 0 aliphatic rings. The summed E-state index contributed by atoms with van der Waals surface area (Å²) >= 11 is 0. The first-order valence-corrected chi connectivity index (χ1v) is 15.0. The minimum atomic E-state index is -4.26. The average molecular weight is 554 g/mol. The Morgan fingerprint density at radius 3 is 1.79 bits per heavy atom. The van der Waals surface area contributed by atoms with Crippen molar-refractivity contribution < 1.29 is 33.1 Å². The molecule has 0 rings (SSSR count). The SMILES string of the molecule is CCC=CCC=CCC=CCC=CCC=CCC=CCCCCC(=O)OC[C@@H](O)COP(=O)(O)OCCN. The van der Waals surface area contributed by atoms with Gasteiger partial charge in [0.1, 0.15) is 12.7 Å². The van der Waals surface area contributed by atoms with Crippen LogP contribution in [0.1, 0.15) is 71.1 Å². The van der Waals surface area contributed by atoms with Crippen molar-refractivity contribution in [3.05, 3.63) is 72.9 Å².